The summed E-state index contributed by atoms with van der Waals surface area (Å²) in [7, 11) is 0. The maximum Gasteiger partial charge on any atom is 0.106 e. The molecule has 0 aromatic heterocycles. The van der Waals surface area contributed by atoms with E-state index in [1.54, 1.807) is 0 Å². The fourth-order valence-corrected chi connectivity index (χ4v) is 1.96. The molecule has 17 heavy (non-hydrogen) atoms. The van der Waals surface area contributed by atoms with E-state index in [1.807, 2.05) is 25.1 Å². The van der Waals surface area contributed by atoms with Gasteiger partial charge < -0.3 is 15.8 Å². The third kappa shape index (κ3) is 5.02. The van der Waals surface area contributed by atoms with Crippen molar-refractivity contribution >= 4 is 38.8 Å². The Morgan fingerprint density at radius 1 is 1.53 bits per heavy atom. The van der Waals surface area contributed by atoms with Crippen molar-refractivity contribution in [2.75, 3.05) is 25.1 Å². The van der Waals surface area contributed by atoms with E-state index in [1.165, 1.54) is 0 Å². The molecule has 0 aliphatic rings. The van der Waals surface area contributed by atoms with Crippen LogP contribution >= 0.6 is 28.1 Å². The summed E-state index contributed by atoms with van der Waals surface area (Å²) in [5, 5.41) is 3.32. The van der Waals surface area contributed by atoms with Gasteiger partial charge in [0.15, 0.2) is 0 Å². The van der Waals surface area contributed by atoms with Gasteiger partial charge in [-0.05, 0) is 31.5 Å². The number of nitrogens with one attached hydrogen (secondary N) is 1. The lowest BCUT2D eigenvalue weighted by Gasteiger charge is -2.11. The van der Waals surface area contributed by atoms with Crippen molar-refractivity contribution in [1.29, 1.82) is 0 Å². The number of hydrogen-bond acceptors (Lipinski definition) is 3. The summed E-state index contributed by atoms with van der Waals surface area (Å²) in [6.07, 6.45) is 0.955. The molecule has 0 amide bonds. The summed E-state index contributed by atoms with van der Waals surface area (Å²) < 4.78 is 6.28. The minimum Gasteiger partial charge on any atom is -0.389 e. The van der Waals surface area contributed by atoms with E-state index in [-0.39, 0.29) is 0 Å². The van der Waals surface area contributed by atoms with Gasteiger partial charge in [0.25, 0.3) is 0 Å². The predicted molar refractivity (Wildman–Crippen MR) is 79.6 cm³/mol. The topological polar surface area (TPSA) is 47.3 Å². The highest BCUT2D eigenvalue weighted by Gasteiger charge is 2.05. The Morgan fingerprint density at radius 3 is 2.94 bits per heavy atom. The van der Waals surface area contributed by atoms with Crippen molar-refractivity contribution in [3.8, 4) is 0 Å². The van der Waals surface area contributed by atoms with Crippen LogP contribution in [0, 0.1) is 0 Å². The first-order valence-electron chi connectivity index (χ1n) is 5.56. The molecular formula is C12H17BrN2OS. The van der Waals surface area contributed by atoms with Crippen LogP contribution in [0.5, 0.6) is 0 Å². The molecule has 1 aromatic rings. The second kappa shape index (κ2) is 7.63. The highest BCUT2D eigenvalue weighted by molar-refractivity contribution is 9.10. The monoisotopic (exact) mass is 316 g/mol. The summed E-state index contributed by atoms with van der Waals surface area (Å²) in [6, 6.07) is 5.83. The number of halogens is 1. The van der Waals surface area contributed by atoms with Gasteiger partial charge in [-0.1, -0.05) is 28.1 Å². The Hall–Kier alpha value is -0.650. The zero-order chi connectivity index (χ0) is 12.7. The molecule has 5 heteroatoms. The number of hydrogen-bond donors (Lipinski definition) is 2. The Bertz CT molecular complexity index is 385. The van der Waals surface area contributed by atoms with Gasteiger partial charge in [-0.25, -0.2) is 0 Å². The van der Waals surface area contributed by atoms with Crippen molar-refractivity contribution in [1.82, 2.24) is 0 Å². The van der Waals surface area contributed by atoms with Crippen LogP contribution in [0.2, 0.25) is 0 Å². The molecule has 1 aromatic carbocycles. The summed E-state index contributed by atoms with van der Waals surface area (Å²) in [5.74, 6) is 0. The van der Waals surface area contributed by atoms with E-state index < -0.39 is 0 Å². The van der Waals surface area contributed by atoms with Gasteiger partial charge in [0.1, 0.15) is 4.99 Å². The Kier molecular flexibility index (Phi) is 6.47. The lowest BCUT2D eigenvalue weighted by molar-refractivity contribution is 0.147. The Labute approximate surface area is 116 Å². The molecule has 0 aliphatic heterocycles. The Balaban J connectivity index is 2.56. The standard InChI is InChI=1S/C12H17BrN2OS/c1-2-16-7-3-6-15-11-8-9(13)4-5-10(11)12(14)17/h4-5,8,15H,2-3,6-7H2,1H3,(H2,14,17). The molecule has 0 saturated carbocycles. The molecule has 0 bridgehead atoms. The molecule has 0 unspecified atom stereocenters. The number of thiocarbonyl (C=S) groups is 1. The normalized spacial score (nSPS) is 10.2. The van der Waals surface area contributed by atoms with Crippen LogP contribution in [-0.4, -0.2) is 24.7 Å². The fraction of sp³-hybridized carbons (Fsp3) is 0.417. The second-order valence-corrected chi connectivity index (χ2v) is 4.89. The van der Waals surface area contributed by atoms with Crippen LogP contribution in [0.4, 0.5) is 5.69 Å². The number of rotatable bonds is 7. The molecule has 0 radical (unpaired) electrons. The molecule has 1 rings (SSSR count). The highest BCUT2D eigenvalue weighted by Crippen LogP contribution is 2.21. The smallest absolute Gasteiger partial charge is 0.106 e. The summed E-state index contributed by atoms with van der Waals surface area (Å²) >= 11 is 8.44. The molecular weight excluding hydrogens is 300 g/mol. The zero-order valence-electron chi connectivity index (χ0n) is 9.83. The zero-order valence-corrected chi connectivity index (χ0v) is 12.2. The molecule has 3 nitrogen and oxygen atoms in total. The van der Waals surface area contributed by atoms with E-state index in [2.05, 4.69) is 21.2 Å². The van der Waals surface area contributed by atoms with Crippen molar-refractivity contribution < 1.29 is 4.74 Å². The van der Waals surface area contributed by atoms with Gasteiger partial charge in [0.05, 0.1) is 0 Å². The second-order valence-electron chi connectivity index (χ2n) is 3.53. The van der Waals surface area contributed by atoms with Gasteiger partial charge in [0.2, 0.25) is 0 Å². The van der Waals surface area contributed by atoms with Crippen molar-refractivity contribution in [3.05, 3.63) is 28.2 Å². The van der Waals surface area contributed by atoms with Gasteiger partial charge in [0, 0.05) is 35.5 Å². The average Bonchev–Trinajstić information content (AvgIpc) is 2.28. The molecule has 0 atom stereocenters. The van der Waals surface area contributed by atoms with E-state index in [4.69, 9.17) is 22.7 Å². The molecule has 0 heterocycles. The highest BCUT2D eigenvalue weighted by atomic mass is 79.9. The lowest BCUT2D eigenvalue weighted by atomic mass is 10.2. The van der Waals surface area contributed by atoms with Gasteiger partial charge in [-0.2, -0.15) is 0 Å². The minimum atomic E-state index is 0.407. The first-order chi connectivity index (χ1) is 8.15. The quantitative estimate of drug-likeness (QED) is 0.600. The Morgan fingerprint density at radius 2 is 2.29 bits per heavy atom. The van der Waals surface area contributed by atoms with E-state index >= 15 is 0 Å². The first-order valence-corrected chi connectivity index (χ1v) is 6.76. The van der Waals surface area contributed by atoms with Crippen LogP contribution < -0.4 is 11.1 Å². The van der Waals surface area contributed by atoms with Gasteiger partial charge in [-0.3, -0.25) is 0 Å². The van der Waals surface area contributed by atoms with Gasteiger partial charge in [-0.15, -0.1) is 0 Å². The summed E-state index contributed by atoms with van der Waals surface area (Å²) in [4.78, 5) is 0.407. The average molecular weight is 317 g/mol. The molecule has 0 fully saturated rings. The number of nitrogens with two attached hydrogens (primary N) is 1. The van der Waals surface area contributed by atoms with Crippen LogP contribution in [0.15, 0.2) is 22.7 Å². The van der Waals surface area contributed by atoms with Crippen LogP contribution in [0.1, 0.15) is 18.9 Å². The maximum atomic E-state index is 5.67. The summed E-state index contributed by atoms with van der Waals surface area (Å²) in [5.41, 5.74) is 7.50. The maximum absolute atomic E-state index is 5.67. The predicted octanol–water partition coefficient (Wildman–Crippen LogP) is 2.92. The number of benzene rings is 1. The number of ether oxygens (including phenoxy) is 1. The van der Waals surface area contributed by atoms with Gasteiger partial charge >= 0.3 is 0 Å². The molecule has 0 spiro atoms. The molecule has 0 aliphatic carbocycles. The third-order valence-corrected chi connectivity index (χ3v) is 2.95. The van der Waals surface area contributed by atoms with E-state index in [0.717, 1.165) is 41.9 Å². The molecule has 3 N–H and O–H groups in total. The van der Waals surface area contributed by atoms with E-state index in [0.29, 0.717) is 4.99 Å². The van der Waals surface area contributed by atoms with Crippen molar-refractivity contribution in [2.45, 2.75) is 13.3 Å². The number of anilines is 1. The summed E-state index contributed by atoms with van der Waals surface area (Å²) in [6.45, 7) is 4.35. The van der Waals surface area contributed by atoms with Crippen LogP contribution in [-0.2, 0) is 4.74 Å². The van der Waals surface area contributed by atoms with E-state index in [9.17, 15) is 0 Å². The SMILES string of the molecule is CCOCCCNc1cc(Br)ccc1C(N)=S. The first kappa shape index (κ1) is 14.4. The van der Waals surface area contributed by atoms with Crippen molar-refractivity contribution in [2.24, 2.45) is 5.73 Å². The lowest BCUT2D eigenvalue weighted by Crippen LogP contribution is -2.14. The largest absolute Gasteiger partial charge is 0.389 e. The van der Waals surface area contributed by atoms with Crippen LogP contribution in [0.3, 0.4) is 0 Å². The fourth-order valence-electron chi connectivity index (χ4n) is 1.42. The van der Waals surface area contributed by atoms with Crippen molar-refractivity contribution in [3.63, 3.8) is 0 Å². The molecule has 94 valence electrons. The third-order valence-electron chi connectivity index (χ3n) is 2.23. The van der Waals surface area contributed by atoms with Crippen LogP contribution in [0.25, 0.3) is 0 Å². The minimum absolute atomic E-state index is 0.407. The molecule has 0 saturated heterocycles.